The molecular weight excluding hydrogens is 218 g/mol. The van der Waals surface area contributed by atoms with Crippen LogP contribution in [0.15, 0.2) is 23.0 Å². The molecule has 0 aliphatic heterocycles. The molecule has 2 aromatic rings. The number of benzene rings is 1. The van der Waals surface area contributed by atoms with Crippen LogP contribution in [0.1, 0.15) is 30.6 Å². The Morgan fingerprint density at radius 2 is 1.94 bits per heavy atom. The largest absolute Gasteiger partial charge is 0.325 e. The molecule has 0 aliphatic rings. The van der Waals surface area contributed by atoms with Crippen LogP contribution >= 0.6 is 0 Å². The lowest BCUT2D eigenvalue weighted by Gasteiger charge is -2.16. The maximum atomic E-state index is 11.9. The van der Waals surface area contributed by atoms with E-state index >= 15 is 0 Å². The van der Waals surface area contributed by atoms with Crippen molar-refractivity contribution >= 4 is 16.8 Å². The topological polar surface area (TPSA) is 91.7 Å². The fourth-order valence-corrected chi connectivity index (χ4v) is 1.72. The molecule has 90 valence electrons. The number of fused-ring (bicyclic) bond motifs is 1. The highest BCUT2D eigenvalue weighted by Crippen LogP contribution is 2.15. The van der Waals surface area contributed by atoms with E-state index in [0.717, 1.165) is 0 Å². The average Bonchev–Trinajstić information content (AvgIpc) is 2.53. The third kappa shape index (κ3) is 2.62. The van der Waals surface area contributed by atoms with Gasteiger partial charge in [-0.1, -0.05) is 0 Å². The van der Waals surface area contributed by atoms with Gasteiger partial charge in [-0.15, -0.1) is 0 Å². The first-order valence-corrected chi connectivity index (χ1v) is 5.39. The molecule has 17 heavy (non-hydrogen) atoms. The fraction of sp³-hybridized carbons (Fsp3) is 0.333. The Hall–Kier alpha value is -1.88. The van der Waals surface area contributed by atoms with Crippen molar-refractivity contribution in [3.63, 3.8) is 0 Å². The van der Waals surface area contributed by atoms with E-state index < -0.39 is 5.54 Å². The minimum Gasteiger partial charge on any atom is -0.325 e. The third-order valence-electron chi connectivity index (χ3n) is 2.45. The van der Waals surface area contributed by atoms with Crippen LogP contribution in [0.5, 0.6) is 0 Å². The predicted octanol–water partition coefficient (Wildman–Crippen LogP) is 1.17. The van der Waals surface area contributed by atoms with Gasteiger partial charge >= 0.3 is 5.69 Å². The summed E-state index contributed by atoms with van der Waals surface area (Å²) >= 11 is 0. The molecule has 2 rings (SSSR count). The molecule has 0 unspecified atom stereocenters. The summed E-state index contributed by atoms with van der Waals surface area (Å²) in [6.07, 6.45) is 0.271. The molecule has 0 aliphatic carbocycles. The molecule has 0 saturated carbocycles. The first kappa shape index (κ1) is 11.6. The van der Waals surface area contributed by atoms with Crippen molar-refractivity contribution in [3.05, 3.63) is 34.2 Å². The van der Waals surface area contributed by atoms with Crippen LogP contribution in [-0.2, 0) is 0 Å². The van der Waals surface area contributed by atoms with Gasteiger partial charge in [-0.05, 0) is 32.0 Å². The van der Waals surface area contributed by atoms with Gasteiger partial charge in [-0.2, -0.15) is 0 Å². The first-order chi connectivity index (χ1) is 7.85. The Morgan fingerprint density at radius 3 is 2.59 bits per heavy atom. The molecule has 0 saturated heterocycles. The van der Waals surface area contributed by atoms with E-state index in [1.807, 2.05) is 13.8 Å². The number of carbonyl (C=O) groups excluding carboxylic acids is 1. The quantitative estimate of drug-likeness (QED) is 0.695. The van der Waals surface area contributed by atoms with E-state index in [0.29, 0.717) is 16.6 Å². The molecule has 0 bridgehead atoms. The maximum absolute atomic E-state index is 11.9. The van der Waals surface area contributed by atoms with Gasteiger partial charge in [0.05, 0.1) is 11.0 Å². The summed E-state index contributed by atoms with van der Waals surface area (Å²) in [5.41, 5.74) is 6.89. The summed E-state index contributed by atoms with van der Waals surface area (Å²) < 4.78 is 0. The normalized spacial score (nSPS) is 11.9. The van der Waals surface area contributed by atoms with Crippen LogP contribution < -0.4 is 11.4 Å². The summed E-state index contributed by atoms with van der Waals surface area (Å²) in [5.74, 6) is -0.0264. The number of aromatic amines is 2. The van der Waals surface area contributed by atoms with Gasteiger partial charge in [-0.3, -0.25) is 4.79 Å². The van der Waals surface area contributed by atoms with Crippen molar-refractivity contribution < 1.29 is 4.79 Å². The number of nitrogens with one attached hydrogen (secondary N) is 2. The molecule has 0 amide bonds. The predicted molar refractivity (Wildman–Crippen MR) is 66.1 cm³/mol. The van der Waals surface area contributed by atoms with Crippen molar-refractivity contribution in [3.8, 4) is 0 Å². The van der Waals surface area contributed by atoms with E-state index in [-0.39, 0.29) is 17.9 Å². The van der Waals surface area contributed by atoms with E-state index in [9.17, 15) is 9.59 Å². The lowest BCUT2D eigenvalue weighted by atomic mass is 9.95. The van der Waals surface area contributed by atoms with Gasteiger partial charge in [0, 0.05) is 17.5 Å². The molecule has 5 nitrogen and oxygen atoms in total. The van der Waals surface area contributed by atoms with Gasteiger partial charge < -0.3 is 15.7 Å². The average molecular weight is 233 g/mol. The van der Waals surface area contributed by atoms with Gasteiger partial charge in [0.25, 0.3) is 0 Å². The number of imidazole rings is 1. The highest BCUT2D eigenvalue weighted by atomic mass is 16.1. The summed E-state index contributed by atoms with van der Waals surface area (Å²) in [6.45, 7) is 3.61. The van der Waals surface area contributed by atoms with E-state index in [1.165, 1.54) is 0 Å². The zero-order valence-electron chi connectivity index (χ0n) is 9.83. The number of aromatic nitrogens is 2. The SMILES string of the molecule is CC(C)(N)CC(=O)c1ccc2[nH]c(=O)[nH]c2c1. The second kappa shape index (κ2) is 3.85. The molecule has 1 aromatic carbocycles. The highest BCUT2D eigenvalue weighted by molar-refractivity contribution is 5.99. The highest BCUT2D eigenvalue weighted by Gasteiger charge is 2.18. The number of Topliss-reactive ketones (excluding diaryl/α,β-unsaturated/α-hetero) is 1. The molecular formula is C12H15N3O2. The molecule has 5 heteroatoms. The van der Waals surface area contributed by atoms with E-state index in [2.05, 4.69) is 9.97 Å². The summed E-state index contributed by atoms with van der Waals surface area (Å²) in [5, 5.41) is 0. The minimum atomic E-state index is -0.530. The second-order valence-electron chi connectivity index (χ2n) is 4.93. The Morgan fingerprint density at radius 1 is 1.29 bits per heavy atom. The summed E-state index contributed by atoms with van der Waals surface area (Å²) in [6, 6.07) is 5.07. The van der Waals surface area contributed by atoms with Gasteiger partial charge in [0.15, 0.2) is 5.78 Å². The molecule has 4 N–H and O–H groups in total. The lowest BCUT2D eigenvalue weighted by molar-refractivity contribution is 0.0960. The van der Waals surface area contributed by atoms with Gasteiger partial charge in [-0.25, -0.2) is 4.79 Å². The van der Waals surface area contributed by atoms with Crippen molar-refractivity contribution in [2.75, 3.05) is 0 Å². The minimum absolute atomic E-state index is 0.0264. The Labute approximate surface area is 98.0 Å². The molecule has 0 spiro atoms. The molecule has 1 heterocycles. The Kier molecular flexibility index (Phi) is 2.63. The Balaban J connectivity index is 2.36. The fourth-order valence-electron chi connectivity index (χ4n) is 1.72. The lowest BCUT2D eigenvalue weighted by Crippen LogP contribution is -2.34. The van der Waals surface area contributed by atoms with E-state index in [4.69, 9.17) is 5.73 Å². The van der Waals surface area contributed by atoms with Crippen molar-refractivity contribution in [2.45, 2.75) is 25.8 Å². The van der Waals surface area contributed by atoms with Crippen LogP contribution in [0.3, 0.4) is 0 Å². The van der Waals surface area contributed by atoms with Crippen molar-refractivity contribution in [1.29, 1.82) is 0 Å². The Bertz CT molecular complexity index is 616. The van der Waals surface area contributed by atoms with Crippen LogP contribution in [-0.4, -0.2) is 21.3 Å². The third-order valence-corrected chi connectivity index (χ3v) is 2.45. The molecule has 1 aromatic heterocycles. The number of nitrogens with two attached hydrogens (primary N) is 1. The maximum Gasteiger partial charge on any atom is 0.323 e. The van der Waals surface area contributed by atoms with Crippen molar-refractivity contribution in [2.24, 2.45) is 5.73 Å². The van der Waals surface area contributed by atoms with Crippen LogP contribution in [0.25, 0.3) is 11.0 Å². The summed E-state index contributed by atoms with van der Waals surface area (Å²) in [4.78, 5) is 28.3. The van der Waals surface area contributed by atoms with Crippen LogP contribution in [0.4, 0.5) is 0 Å². The van der Waals surface area contributed by atoms with Crippen molar-refractivity contribution in [1.82, 2.24) is 9.97 Å². The second-order valence-corrected chi connectivity index (χ2v) is 4.93. The first-order valence-electron chi connectivity index (χ1n) is 5.39. The number of hydrogen-bond donors (Lipinski definition) is 3. The standard InChI is InChI=1S/C12H15N3O2/c1-12(2,13)6-10(16)7-3-4-8-9(5-7)15-11(17)14-8/h3-5H,6,13H2,1-2H3,(H2,14,15,17). The summed E-state index contributed by atoms with van der Waals surface area (Å²) in [7, 11) is 0. The van der Waals surface area contributed by atoms with Gasteiger partial charge in [0.2, 0.25) is 0 Å². The number of ketones is 1. The molecule has 0 atom stereocenters. The zero-order chi connectivity index (χ0) is 12.6. The molecule has 0 radical (unpaired) electrons. The number of hydrogen-bond acceptors (Lipinski definition) is 3. The number of H-pyrrole nitrogens is 2. The number of rotatable bonds is 3. The van der Waals surface area contributed by atoms with E-state index in [1.54, 1.807) is 18.2 Å². The smallest absolute Gasteiger partial charge is 0.323 e. The monoisotopic (exact) mass is 233 g/mol. The molecule has 0 fully saturated rings. The zero-order valence-corrected chi connectivity index (χ0v) is 9.83. The van der Waals surface area contributed by atoms with Crippen LogP contribution in [0.2, 0.25) is 0 Å². The van der Waals surface area contributed by atoms with Gasteiger partial charge in [0.1, 0.15) is 0 Å². The number of carbonyl (C=O) groups is 1. The van der Waals surface area contributed by atoms with Crippen LogP contribution in [0, 0.1) is 0 Å².